The van der Waals surface area contributed by atoms with Crippen LogP contribution in [0.2, 0.25) is 0 Å². The van der Waals surface area contributed by atoms with E-state index in [-0.39, 0.29) is 31.1 Å². The summed E-state index contributed by atoms with van der Waals surface area (Å²) in [6, 6.07) is 0. The molecule has 0 aromatic rings. The lowest BCUT2D eigenvalue weighted by atomic mass is 10.0. The molecular weight excluding hydrogens is 1020 g/mol. The third-order valence-corrected chi connectivity index (χ3v) is 17.4. The molecule has 6 heteroatoms. The number of esters is 3. The predicted molar refractivity (Wildman–Crippen MR) is 363 cm³/mol. The first kappa shape index (κ1) is 80.9. The Morgan fingerprint density at radius 3 is 0.602 bits per heavy atom. The lowest BCUT2D eigenvalue weighted by Gasteiger charge is -2.18. The highest BCUT2D eigenvalue weighted by atomic mass is 16.6. The summed E-state index contributed by atoms with van der Waals surface area (Å²) in [7, 11) is 0. The van der Waals surface area contributed by atoms with E-state index in [0.29, 0.717) is 19.3 Å². The number of unbranched alkanes of at least 4 members (excludes halogenated alkanes) is 56. The maximum Gasteiger partial charge on any atom is 0.306 e. The van der Waals surface area contributed by atoms with Gasteiger partial charge in [0, 0.05) is 19.3 Å². The van der Waals surface area contributed by atoms with Crippen LogP contribution in [0.5, 0.6) is 0 Å². The fourth-order valence-electron chi connectivity index (χ4n) is 11.7. The highest BCUT2D eigenvalue weighted by Gasteiger charge is 2.20. The first-order valence-electron chi connectivity index (χ1n) is 37.8. The van der Waals surface area contributed by atoms with E-state index >= 15 is 0 Å². The van der Waals surface area contributed by atoms with Crippen LogP contribution in [0.1, 0.15) is 432 Å². The van der Waals surface area contributed by atoms with Crippen LogP contribution in [0, 0.1) is 0 Å². The quantitative estimate of drug-likeness (QED) is 0.0261. The van der Waals surface area contributed by atoms with E-state index in [1.165, 1.54) is 334 Å². The maximum atomic E-state index is 13.0. The first-order chi connectivity index (χ1) is 41.0. The Bertz CT molecular complexity index is 1340. The summed E-state index contributed by atoms with van der Waals surface area (Å²) in [5.74, 6) is -0.835. The van der Waals surface area contributed by atoms with E-state index in [0.717, 1.165) is 57.8 Å². The summed E-state index contributed by atoms with van der Waals surface area (Å²) in [6.45, 7) is 6.73. The molecular formula is C77H146O6. The van der Waals surface area contributed by atoms with Gasteiger partial charge in [0.25, 0.3) is 0 Å². The maximum absolute atomic E-state index is 13.0. The second-order valence-corrected chi connectivity index (χ2v) is 25.9. The van der Waals surface area contributed by atoms with E-state index in [2.05, 4.69) is 45.1 Å². The average Bonchev–Trinajstić information content (AvgIpc) is 3.49. The van der Waals surface area contributed by atoms with E-state index < -0.39 is 6.10 Å². The Balaban J connectivity index is 4.28. The van der Waals surface area contributed by atoms with Crippen molar-refractivity contribution in [3.63, 3.8) is 0 Å². The highest BCUT2D eigenvalue weighted by Crippen LogP contribution is 2.19. The van der Waals surface area contributed by atoms with Gasteiger partial charge in [-0.25, -0.2) is 0 Å². The van der Waals surface area contributed by atoms with Crippen LogP contribution in [0.3, 0.4) is 0 Å². The molecule has 0 N–H and O–H groups in total. The van der Waals surface area contributed by atoms with Gasteiger partial charge in [0.2, 0.25) is 0 Å². The number of ether oxygens (including phenoxy) is 3. The van der Waals surface area contributed by atoms with E-state index in [4.69, 9.17) is 14.2 Å². The Labute approximate surface area is 519 Å². The number of hydrogen-bond acceptors (Lipinski definition) is 6. The number of hydrogen-bond donors (Lipinski definition) is 0. The van der Waals surface area contributed by atoms with Crippen LogP contribution in [0.4, 0.5) is 0 Å². The summed E-state index contributed by atoms with van der Waals surface area (Å²) in [4.78, 5) is 38.6. The van der Waals surface area contributed by atoms with Gasteiger partial charge in [-0.2, -0.15) is 0 Å². The Kier molecular flexibility index (Phi) is 70.5. The third kappa shape index (κ3) is 70.5. The molecule has 1 atom stereocenters. The van der Waals surface area contributed by atoms with Gasteiger partial charge in [-0.1, -0.05) is 366 Å². The third-order valence-electron chi connectivity index (χ3n) is 17.4. The van der Waals surface area contributed by atoms with Crippen LogP contribution in [-0.4, -0.2) is 37.2 Å². The molecule has 0 fully saturated rings. The zero-order valence-electron chi connectivity index (χ0n) is 56.5. The number of carbonyl (C=O) groups is 3. The van der Waals surface area contributed by atoms with Gasteiger partial charge < -0.3 is 14.2 Å². The molecule has 0 heterocycles. The highest BCUT2D eigenvalue weighted by molar-refractivity contribution is 5.71. The summed E-state index contributed by atoms with van der Waals surface area (Å²) < 4.78 is 17.1. The Hall–Kier alpha value is -2.11. The number of carbonyl (C=O) groups excluding carboxylic acids is 3. The van der Waals surface area contributed by atoms with Crippen LogP contribution < -0.4 is 0 Å². The largest absolute Gasteiger partial charge is 0.462 e. The Morgan fingerprint density at radius 2 is 0.398 bits per heavy atom. The summed E-state index contributed by atoms with van der Waals surface area (Å²) in [5, 5.41) is 0. The second-order valence-electron chi connectivity index (χ2n) is 25.9. The molecule has 0 spiro atoms. The standard InChI is InChI=1S/C77H146O6/c1-4-7-10-13-16-19-22-25-28-31-34-36-37-38-39-41-43-46-49-52-55-58-61-64-67-70-76(79)82-73-74(72-81-75(78)69-66-63-60-57-54-51-48-45-42-33-30-27-24-21-18-15-12-9-6-3)83-77(80)71-68-65-62-59-56-53-50-47-44-40-35-32-29-26-23-20-17-14-11-8-5-2/h27,30,32,35,74H,4-26,28-29,31,33-34,36-73H2,1-3H3/b30-27-,35-32-. The van der Waals surface area contributed by atoms with Crippen LogP contribution in [0.15, 0.2) is 24.3 Å². The molecule has 0 saturated heterocycles. The van der Waals surface area contributed by atoms with Crippen LogP contribution in [0.25, 0.3) is 0 Å². The molecule has 0 aromatic heterocycles. The smallest absolute Gasteiger partial charge is 0.306 e. The predicted octanol–water partition coefficient (Wildman–Crippen LogP) is 26.1. The second kappa shape index (κ2) is 72.4. The SMILES string of the molecule is CCCCCCCC/C=C\CCCCCCCCCCCC(=O)OCC(COC(=O)CCCCCCCCCCCCCCCCCCCCCCCCCCC)OC(=O)CCCCCCCCCCC/C=C\CCCCCCCCCC. The van der Waals surface area contributed by atoms with Crippen molar-refractivity contribution in [2.75, 3.05) is 13.2 Å². The van der Waals surface area contributed by atoms with Gasteiger partial charge in [-0.15, -0.1) is 0 Å². The van der Waals surface area contributed by atoms with Crippen LogP contribution in [-0.2, 0) is 28.6 Å². The van der Waals surface area contributed by atoms with Gasteiger partial charge in [-0.05, 0) is 70.6 Å². The molecule has 0 aliphatic carbocycles. The molecule has 490 valence electrons. The molecule has 0 radical (unpaired) electrons. The van der Waals surface area contributed by atoms with Crippen molar-refractivity contribution in [3.8, 4) is 0 Å². The van der Waals surface area contributed by atoms with Crippen molar-refractivity contribution in [1.82, 2.24) is 0 Å². The molecule has 6 nitrogen and oxygen atoms in total. The van der Waals surface area contributed by atoms with Gasteiger partial charge >= 0.3 is 17.9 Å². The van der Waals surface area contributed by atoms with Crippen molar-refractivity contribution in [2.45, 2.75) is 438 Å². The summed E-state index contributed by atoms with van der Waals surface area (Å²) >= 11 is 0. The van der Waals surface area contributed by atoms with Gasteiger partial charge in [0.1, 0.15) is 13.2 Å². The van der Waals surface area contributed by atoms with Gasteiger partial charge in [0.15, 0.2) is 6.10 Å². The molecule has 0 saturated carbocycles. The lowest BCUT2D eigenvalue weighted by Crippen LogP contribution is -2.30. The summed E-state index contributed by atoms with van der Waals surface area (Å²) in [5.41, 5.74) is 0. The van der Waals surface area contributed by atoms with Crippen molar-refractivity contribution in [1.29, 1.82) is 0 Å². The van der Waals surface area contributed by atoms with Gasteiger partial charge in [-0.3, -0.25) is 14.4 Å². The molecule has 1 unspecified atom stereocenters. The fourth-order valence-corrected chi connectivity index (χ4v) is 11.7. The number of rotatable bonds is 71. The first-order valence-corrected chi connectivity index (χ1v) is 37.8. The molecule has 0 amide bonds. The van der Waals surface area contributed by atoms with Crippen molar-refractivity contribution >= 4 is 17.9 Å². The Morgan fingerprint density at radius 1 is 0.229 bits per heavy atom. The number of allylic oxidation sites excluding steroid dienone is 4. The minimum atomic E-state index is -0.772. The molecule has 83 heavy (non-hydrogen) atoms. The molecule has 0 bridgehead atoms. The molecule has 0 aromatic carbocycles. The topological polar surface area (TPSA) is 78.9 Å². The van der Waals surface area contributed by atoms with Crippen molar-refractivity contribution in [3.05, 3.63) is 24.3 Å². The molecule has 0 aliphatic rings. The zero-order chi connectivity index (χ0) is 59.9. The van der Waals surface area contributed by atoms with E-state index in [1.54, 1.807) is 0 Å². The van der Waals surface area contributed by atoms with Crippen molar-refractivity contribution < 1.29 is 28.6 Å². The zero-order valence-corrected chi connectivity index (χ0v) is 56.5. The average molecular weight is 1170 g/mol. The normalized spacial score (nSPS) is 12.1. The van der Waals surface area contributed by atoms with Crippen molar-refractivity contribution in [2.24, 2.45) is 0 Å². The minimum Gasteiger partial charge on any atom is -0.462 e. The van der Waals surface area contributed by atoms with Crippen LogP contribution >= 0.6 is 0 Å². The fraction of sp³-hybridized carbons (Fsp3) is 0.909. The lowest BCUT2D eigenvalue weighted by molar-refractivity contribution is -0.167. The molecule has 0 rings (SSSR count). The summed E-state index contributed by atoms with van der Waals surface area (Å²) in [6.07, 6.45) is 89.3. The van der Waals surface area contributed by atoms with E-state index in [9.17, 15) is 14.4 Å². The monoisotopic (exact) mass is 1170 g/mol. The van der Waals surface area contributed by atoms with Gasteiger partial charge in [0.05, 0.1) is 0 Å². The van der Waals surface area contributed by atoms with E-state index in [1.807, 2.05) is 0 Å². The minimum absolute atomic E-state index is 0.0666. The molecule has 0 aliphatic heterocycles.